The van der Waals surface area contributed by atoms with Gasteiger partial charge in [-0.3, -0.25) is 0 Å². The summed E-state index contributed by atoms with van der Waals surface area (Å²) in [5.74, 6) is -1.74. The van der Waals surface area contributed by atoms with Crippen LogP contribution in [0.2, 0.25) is 0 Å². The molecule has 2 aromatic rings. The fourth-order valence-corrected chi connectivity index (χ4v) is 2.62. The van der Waals surface area contributed by atoms with Crippen molar-refractivity contribution in [2.75, 3.05) is 5.32 Å². The van der Waals surface area contributed by atoms with E-state index in [9.17, 15) is 23.1 Å². The second kappa shape index (κ2) is 5.04. The van der Waals surface area contributed by atoms with Crippen LogP contribution in [0.5, 0.6) is 0 Å². The Morgan fingerprint density at radius 3 is 2.59 bits per heavy atom. The molecule has 0 saturated carbocycles. The molecule has 0 spiro atoms. The van der Waals surface area contributed by atoms with E-state index in [1.165, 1.54) is 0 Å². The molecule has 2 atom stereocenters. The van der Waals surface area contributed by atoms with Crippen LogP contribution in [0.3, 0.4) is 0 Å². The van der Waals surface area contributed by atoms with Gasteiger partial charge in [-0.2, -0.15) is 18.3 Å². The highest BCUT2D eigenvalue weighted by Gasteiger charge is 2.46. The molecule has 0 bridgehead atoms. The van der Waals surface area contributed by atoms with Crippen molar-refractivity contribution in [3.8, 4) is 0 Å². The van der Waals surface area contributed by atoms with Crippen LogP contribution in [-0.2, 0) is 0 Å². The van der Waals surface area contributed by atoms with Crippen LogP contribution in [0, 0.1) is 0 Å². The molecule has 0 amide bonds. The summed E-state index contributed by atoms with van der Waals surface area (Å²) in [6, 6.07) is 6.02. The second-order valence-electron chi connectivity index (χ2n) is 5.04. The summed E-state index contributed by atoms with van der Waals surface area (Å²) in [4.78, 5) is 11.0. The third-order valence-corrected chi connectivity index (χ3v) is 3.66. The Kier molecular flexibility index (Phi) is 3.31. The first-order chi connectivity index (χ1) is 10.4. The van der Waals surface area contributed by atoms with E-state index in [-0.39, 0.29) is 17.8 Å². The highest BCUT2D eigenvalue weighted by molar-refractivity contribution is 5.91. The van der Waals surface area contributed by atoms with Crippen LogP contribution in [0.25, 0.3) is 0 Å². The molecular formula is C14H11F3N3O2-. The molecule has 2 heterocycles. The summed E-state index contributed by atoms with van der Waals surface area (Å²) in [6.07, 6.45) is -3.92. The Morgan fingerprint density at radius 1 is 1.32 bits per heavy atom. The van der Waals surface area contributed by atoms with Gasteiger partial charge in [0.1, 0.15) is 5.82 Å². The van der Waals surface area contributed by atoms with Gasteiger partial charge in [-0.1, -0.05) is 30.3 Å². The SMILES string of the molecule is O=C([O-])c1cnn2c1N[C@@H](c1ccccc1)C[C@H]2C(F)(F)F. The molecule has 22 heavy (non-hydrogen) atoms. The quantitative estimate of drug-likeness (QED) is 0.920. The number of carbonyl (C=O) groups is 1. The van der Waals surface area contributed by atoms with Gasteiger partial charge >= 0.3 is 6.18 Å². The van der Waals surface area contributed by atoms with Gasteiger partial charge in [0, 0.05) is 6.42 Å². The number of halogens is 3. The number of hydrogen-bond donors (Lipinski definition) is 1. The number of nitrogens with zero attached hydrogens (tertiary/aromatic N) is 2. The van der Waals surface area contributed by atoms with Crippen molar-refractivity contribution in [1.29, 1.82) is 0 Å². The zero-order valence-electron chi connectivity index (χ0n) is 11.2. The fourth-order valence-electron chi connectivity index (χ4n) is 2.62. The van der Waals surface area contributed by atoms with E-state index in [4.69, 9.17) is 0 Å². The molecule has 1 aromatic heterocycles. The molecule has 1 N–H and O–H groups in total. The molecular weight excluding hydrogens is 299 g/mol. The molecule has 1 aromatic carbocycles. The van der Waals surface area contributed by atoms with E-state index in [0.717, 1.165) is 6.20 Å². The number of fused-ring (bicyclic) bond motifs is 1. The smallest absolute Gasteiger partial charge is 0.410 e. The van der Waals surface area contributed by atoms with Crippen LogP contribution >= 0.6 is 0 Å². The summed E-state index contributed by atoms with van der Waals surface area (Å²) < 4.78 is 40.5. The Bertz CT molecular complexity index is 697. The van der Waals surface area contributed by atoms with Crippen molar-refractivity contribution < 1.29 is 23.1 Å². The number of carboxylic acids is 1. The number of benzene rings is 1. The maximum Gasteiger partial charge on any atom is 0.410 e. The number of alkyl halides is 3. The van der Waals surface area contributed by atoms with Crippen molar-refractivity contribution in [1.82, 2.24) is 9.78 Å². The molecule has 0 fully saturated rings. The molecule has 0 radical (unpaired) electrons. The Balaban J connectivity index is 2.07. The lowest BCUT2D eigenvalue weighted by atomic mass is 9.96. The lowest BCUT2D eigenvalue weighted by Crippen LogP contribution is -2.36. The number of aromatic nitrogens is 2. The molecule has 0 saturated heterocycles. The molecule has 0 aliphatic carbocycles. The van der Waals surface area contributed by atoms with Gasteiger partial charge in [0.15, 0.2) is 6.04 Å². The van der Waals surface area contributed by atoms with E-state index in [1.54, 1.807) is 30.3 Å². The predicted octanol–water partition coefficient (Wildman–Crippen LogP) is 1.91. The first-order valence-electron chi connectivity index (χ1n) is 6.55. The average Bonchev–Trinajstić information content (AvgIpc) is 2.90. The van der Waals surface area contributed by atoms with E-state index in [0.29, 0.717) is 10.2 Å². The summed E-state index contributed by atoms with van der Waals surface area (Å²) in [6.45, 7) is 0. The maximum atomic E-state index is 13.3. The zero-order valence-corrected chi connectivity index (χ0v) is 11.2. The fraction of sp³-hybridized carbons (Fsp3) is 0.286. The topological polar surface area (TPSA) is 70.0 Å². The molecule has 8 heteroatoms. The normalized spacial score (nSPS) is 21.0. The van der Waals surface area contributed by atoms with Crippen molar-refractivity contribution in [3.63, 3.8) is 0 Å². The van der Waals surface area contributed by atoms with Gasteiger partial charge in [0.2, 0.25) is 0 Å². The van der Waals surface area contributed by atoms with Crippen LogP contribution < -0.4 is 10.4 Å². The minimum Gasteiger partial charge on any atom is -0.545 e. The minimum absolute atomic E-state index is 0.178. The number of carboxylic acid groups (broad SMARTS) is 1. The molecule has 1 aliphatic heterocycles. The molecule has 3 rings (SSSR count). The summed E-state index contributed by atoms with van der Waals surface area (Å²) >= 11 is 0. The van der Waals surface area contributed by atoms with Crippen LogP contribution in [-0.4, -0.2) is 21.9 Å². The van der Waals surface area contributed by atoms with E-state index in [2.05, 4.69) is 10.4 Å². The Labute approximate surface area is 123 Å². The average molecular weight is 310 g/mol. The minimum atomic E-state index is -4.53. The van der Waals surface area contributed by atoms with Gasteiger partial charge in [-0.05, 0) is 5.56 Å². The van der Waals surface area contributed by atoms with Gasteiger partial charge < -0.3 is 15.2 Å². The Morgan fingerprint density at radius 2 is 2.00 bits per heavy atom. The van der Waals surface area contributed by atoms with E-state index >= 15 is 0 Å². The van der Waals surface area contributed by atoms with Gasteiger partial charge in [-0.15, -0.1) is 0 Å². The monoisotopic (exact) mass is 310 g/mol. The Hall–Kier alpha value is -2.51. The number of rotatable bonds is 2. The van der Waals surface area contributed by atoms with Gasteiger partial charge in [-0.25, -0.2) is 4.68 Å². The van der Waals surface area contributed by atoms with Crippen LogP contribution in [0.15, 0.2) is 36.5 Å². The van der Waals surface area contributed by atoms with Crippen molar-refractivity contribution in [2.24, 2.45) is 0 Å². The number of hydrogen-bond acceptors (Lipinski definition) is 4. The molecule has 1 aliphatic rings. The summed E-state index contributed by atoms with van der Waals surface area (Å²) in [5, 5.41) is 17.4. The van der Waals surface area contributed by atoms with E-state index in [1.807, 2.05) is 0 Å². The van der Waals surface area contributed by atoms with E-state index < -0.39 is 24.2 Å². The predicted molar refractivity (Wildman–Crippen MR) is 69.1 cm³/mol. The third-order valence-electron chi connectivity index (χ3n) is 3.66. The first-order valence-corrected chi connectivity index (χ1v) is 6.55. The highest BCUT2D eigenvalue weighted by atomic mass is 19.4. The lowest BCUT2D eigenvalue weighted by molar-refractivity contribution is -0.255. The largest absolute Gasteiger partial charge is 0.545 e. The van der Waals surface area contributed by atoms with Crippen LogP contribution in [0.1, 0.15) is 34.4 Å². The van der Waals surface area contributed by atoms with Gasteiger partial charge in [0.25, 0.3) is 0 Å². The van der Waals surface area contributed by atoms with Crippen molar-refractivity contribution in [3.05, 3.63) is 47.7 Å². The number of aromatic carboxylic acids is 1. The molecule has 116 valence electrons. The summed E-state index contributed by atoms with van der Waals surface area (Å²) in [5.41, 5.74) is 0.267. The molecule has 0 unspecified atom stereocenters. The number of anilines is 1. The maximum absolute atomic E-state index is 13.3. The number of nitrogens with one attached hydrogen (secondary N) is 1. The second-order valence-corrected chi connectivity index (χ2v) is 5.04. The summed E-state index contributed by atoms with van der Waals surface area (Å²) in [7, 11) is 0. The van der Waals surface area contributed by atoms with Gasteiger partial charge in [0.05, 0.1) is 23.8 Å². The highest BCUT2D eigenvalue weighted by Crippen LogP contribution is 2.44. The third kappa shape index (κ3) is 2.40. The lowest BCUT2D eigenvalue weighted by Gasteiger charge is -2.34. The standard InChI is InChI=1S/C14H12F3N3O2/c15-14(16,17)11-6-10(8-4-2-1-3-5-8)19-12-9(13(21)22)7-18-20(11)12/h1-5,7,10-11,19H,6H2,(H,21,22)/p-1/t10-,11+/m1/s1. The van der Waals surface area contributed by atoms with Crippen LogP contribution in [0.4, 0.5) is 19.0 Å². The zero-order chi connectivity index (χ0) is 15.9. The molecule has 5 nitrogen and oxygen atoms in total. The number of carbonyl (C=O) groups excluding carboxylic acids is 1. The first kappa shape index (κ1) is 14.4. The van der Waals surface area contributed by atoms with Crippen molar-refractivity contribution in [2.45, 2.75) is 24.7 Å². The van der Waals surface area contributed by atoms with Crippen molar-refractivity contribution >= 4 is 11.8 Å².